The average Bonchev–Trinajstić information content (AvgIpc) is 2.23. The van der Waals surface area contributed by atoms with Crippen LogP contribution in [0.2, 0.25) is 0 Å². The van der Waals surface area contributed by atoms with Crippen LogP contribution in [0.4, 0.5) is 4.79 Å². The van der Waals surface area contributed by atoms with Crippen LogP contribution in [0.3, 0.4) is 0 Å². The van der Waals surface area contributed by atoms with Crippen molar-refractivity contribution < 1.29 is 19.5 Å². The van der Waals surface area contributed by atoms with E-state index in [-0.39, 0.29) is 13.1 Å². The third-order valence-corrected chi connectivity index (χ3v) is 1.89. The maximum Gasteiger partial charge on any atom is 0.323 e. The van der Waals surface area contributed by atoms with Crippen LogP contribution in [0.15, 0.2) is 12.7 Å². The summed E-state index contributed by atoms with van der Waals surface area (Å²) in [6.07, 6.45) is 1.47. The molecule has 4 N–H and O–H groups in total. The number of hydrogen-bond donors (Lipinski definition) is 4. The van der Waals surface area contributed by atoms with Gasteiger partial charge in [-0.25, -0.2) is 4.79 Å². The Bertz CT molecular complexity index is 326. The summed E-state index contributed by atoms with van der Waals surface area (Å²) >= 11 is 0. The molecule has 0 radical (unpaired) electrons. The van der Waals surface area contributed by atoms with Gasteiger partial charge < -0.3 is 10.4 Å². The summed E-state index contributed by atoms with van der Waals surface area (Å²) in [7, 11) is 0. The van der Waals surface area contributed by atoms with Crippen LogP contribution in [-0.2, 0) is 9.59 Å². The zero-order valence-electron chi connectivity index (χ0n) is 9.87. The molecule has 7 heteroatoms. The standard InChI is InChI=1S/C10H17N3O4/c1-4-5-11-9(17)13-7(14)6-12-10(2,3)8(15)16/h4,12H,1,5-6H2,2-3H3,(H,15,16)(H2,11,13,14,17). The largest absolute Gasteiger partial charge is 0.480 e. The molecular formula is C10H17N3O4. The molecule has 0 fully saturated rings. The third-order valence-electron chi connectivity index (χ3n) is 1.89. The summed E-state index contributed by atoms with van der Waals surface area (Å²) in [4.78, 5) is 33.0. The molecule has 0 heterocycles. The first kappa shape index (κ1) is 15.1. The number of aliphatic carboxylic acids is 1. The number of amides is 3. The van der Waals surface area contributed by atoms with Crippen molar-refractivity contribution in [2.24, 2.45) is 0 Å². The molecule has 0 saturated heterocycles. The Labute approximate surface area is 99.3 Å². The van der Waals surface area contributed by atoms with Gasteiger partial charge in [0.25, 0.3) is 0 Å². The van der Waals surface area contributed by atoms with Crippen LogP contribution in [0, 0.1) is 0 Å². The molecule has 0 aliphatic heterocycles. The maximum absolute atomic E-state index is 11.2. The summed E-state index contributed by atoms with van der Waals surface area (Å²) in [5.41, 5.74) is -1.23. The van der Waals surface area contributed by atoms with Gasteiger partial charge in [-0.15, -0.1) is 6.58 Å². The lowest BCUT2D eigenvalue weighted by molar-refractivity contribution is -0.143. The number of carbonyl (C=O) groups excluding carboxylic acids is 2. The number of rotatable bonds is 6. The normalized spacial score (nSPS) is 10.5. The van der Waals surface area contributed by atoms with Crippen LogP contribution >= 0.6 is 0 Å². The van der Waals surface area contributed by atoms with Gasteiger partial charge in [0.1, 0.15) is 5.54 Å². The fourth-order valence-electron chi connectivity index (χ4n) is 0.757. The summed E-state index contributed by atoms with van der Waals surface area (Å²) in [6.45, 7) is 6.21. The second-order valence-electron chi connectivity index (χ2n) is 3.83. The zero-order valence-corrected chi connectivity index (χ0v) is 9.87. The van der Waals surface area contributed by atoms with E-state index < -0.39 is 23.4 Å². The molecule has 0 aromatic carbocycles. The van der Waals surface area contributed by atoms with Gasteiger partial charge in [0.05, 0.1) is 6.54 Å². The highest BCUT2D eigenvalue weighted by atomic mass is 16.4. The fourth-order valence-corrected chi connectivity index (χ4v) is 0.757. The Balaban J connectivity index is 3.99. The predicted octanol–water partition coefficient (Wildman–Crippen LogP) is -0.549. The highest BCUT2D eigenvalue weighted by Gasteiger charge is 2.27. The topological polar surface area (TPSA) is 108 Å². The van der Waals surface area contributed by atoms with Gasteiger partial charge in [0.15, 0.2) is 0 Å². The Morgan fingerprint density at radius 2 is 1.94 bits per heavy atom. The molecule has 0 spiro atoms. The van der Waals surface area contributed by atoms with E-state index in [1.54, 1.807) is 0 Å². The Hall–Kier alpha value is -1.89. The molecular weight excluding hydrogens is 226 g/mol. The van der Waals surface area contributed by atoms with Gasteiger partial charge in [-0.2, -0.15) is 0 Å². The first-order valence-electron chi connectivity index (χ1n) is 4.96. The summed E-state index contributed by atoms with van der Waals surface area (Å²) in [5.74, 6) is -1.69. The average molecular weight is 243 g/mol. The second-order valence-corrected chi connectivity index (χ2v) is 3.83. The number of carbonyl (C=O) groups is 3. The van der Waals surface area contributed by atoms with E-state index in [1.165, 1.54) is 19.9 Å². The lowest BCUT2D eigenvalue weighted by Gasteiger charge is -2.20. The Morgan fingerprint density at radius 1 is 1.35 bits per heavy atom. The molecule has 96 valence electrons. The molecule has 0 aliphatic carbocycles. The van der Waals surface area contributed by atoms with Crippen molar-refractivity contribution in [1.82, 2.24) is 16.0 Å². The molecule has 0 unspecified atom stereocenters. The zero-order chi connectivity index (χ0) is 13.5. The molecule has 17 heavy (non-hydrogen) atoms. The number of urea groups is 1. The highest BCUT2D eigenvalue weighted by molar-refractivity contribution is 5.95. The van der Waals surface area contributed by atoms with Gasteiger partial charge >= 0.3 is 12.0 Å². The van der Waals surface area contributed by atoms with Crippen molar-refractivity contribution in [2.45, 2.75) is 19.4 Å². The maximum atomic E-state index is 11.2. The van der Waals surface area contributed by atoms with Gasteiger partial charge in [0.2, 0.25) is 5.91 Å². The van der Waals surface area contributed by atoms with E-state index in [1.807, 2.05) is 5.32 Å². The van der Waals surface area contributed by atoms with Crippen LogP contribution in [0.25, 0.3) is 0 Å². The van der Waals surface area contributed by atoms with E-state index >= 15 is 0 Å². The van der Waals surface area contributed by atoms with E-state index in [0.717, 1.165) is 0 Å². The molecule has 3 amide bonds. The number of hydrogen-bond acceptors (Lipinski definition) is 4. The van der Waals surface area contributed by atoms with Crippen molar-refractivity contribution in [2.75, 3.05) is 13.1 Å². The molecule has 0 rings (SSSR count). The first-order valence-corrected chi connectivity index (χ1v) is 4.96. The molecule has 0 aromatic heterocycles. The van der Waals surface area contributed by atoms with E-state index in [2.05, 4.69) is 17.2 Å². The summed E-state index contributed by atoms with van der Waals surface area (Å²) < 4.78 is 0. The summed E-state index contributed by atoms with van der Waals surface area (Å²) in [6, 6.07) is -0.648. The van der Waals surface area contributed by atoms with Gasteiger partial charge in [-0.1, -0.05) is 6.08 Å². The number of imide groups is 1. The van der Waals surface area contributed by atoms with E-state index in [4.69, 9.17) is 5.11 Å². The van der Waals surface area contributed by atoms with Crippen LogP contribution in [-0.4, -0.2) is 41.6 Å². The van der Waals surface area contributed by atoms with Crippen LogP contribution < -0.4 is 16.0 Å². The van der Waals surface area contributed by atoms with Crippen molar-refractivity contribution >= 4 is 17.9 Å². The van der Waals surface area contributed by atoms with Gasteiger partial charge in [0, 0.05) is 6.54 Å². The lowest BCUT2D eigenvalue weighted by atomic mass is 10.1. The minimum atomic E-state index is -1.23. The molecule has 7 nitrogen and oxygen atoms in total. The van der Waals surface area contributed by atoms with Crippen molar-refractivity contribution in [1.29, 1.82) is 0 Å². The SMILES string of the molecule is C=CCNC(=O)NC(=O)CNC(C)(C)C(=O)O. The second kappa shape index (κ2) is 6.64. The quantitative estimate of drug-likeness (QED) is 0.468. The highest BCUT2D eigenvalue weighted by Crippen LogP contribution is 2.00. The van der Waals surface area contributed by atoms with Gasteiger partial charge in [-0.05, 0) is 13.8 Å². The minimum absolute atomic E-state index is 0.243. The van der Waals surface area contributed by atoms with E-state index in [9.17, 15) is 14.4 Å². The molecule has 0 atom stereocenters. The first-order chi connectivity index (χ1) is 7.79. The number of carboxylic acids is 1. The fraction of sp³-hybridized carbons (Fsp3) is 0.500. The third kappa shape index (κ3) is 6.31. The molecule has 0 saturated carbocycles. The minimum Gasteiger partial charge on any atom is -0.480 e. The van der Waals surface area contributed by atoms with Crippen molar-refractivity contribution in [3.8, 4) is 0 Å². The molecule has 0 aliphatic rings. The predicted molar refractivity (Wildman–Crippen MR) is 61.5 cm³/mol. The monoisotopic (exact) mass is 243 g/mol. The van der Waals surface area contributed by atoms with Crippen LogP contribution in [0.5, 0.6) is 0 Å². The summed E-state index contributed by atoms with van der Waals surface area (Å²) in [5, 5.41) is 15.7. The lowest BCUT2D eigenvalue weighted by Crippen LogP contribution is -2.52. The number of nitrogens with one attached hydrogen (secondary N) is 3. The smallest absolute Gasteiger partial charge is 0.323 e. The Morgan fingerprint density at radius 3 is 2.41 bits per heavy atom. The van der Waals surface area contributed by atoms with E-state index in [0.29, 0.717) is 0 Å². The van der Waals surface area contributed by atoms with Gasteiger partial charge in [-0.3, -0.25) is 20.2 Å². The molecule has 0 bridgehead atoms. The number of carboxylic acid groups (broad SMARTS) is 1. The van der Waals surface area contributed by atoms with Crippen molar-refractivity contribution in [3.05, 3.63) is 12.7 Å². The molecule has 0 aromatic rings. The van der Waals surface area contributed by atoms with Crippen molar-refractivity contribution in [3.63, 3.8) is 0 Å². The Kier molecular flexibility index (Phi) is 5.90. The van der Waals surface area contributed by atoms with Crippen LogP contribution in [0.1, 0.15) is 13.8 Å².